The van der Waals surface area contributed by atoms with Crippen LogP contribution in [0.25, 0.3) is 0 Å². The average molecular weight is 1070 g/mol. The second-order valence-electron chi connectivity index (χ2n) is 0. The Morgan fingerprint density at radius 3 is 0.125 bits per heavy atom. The fourth-order valence-electron chi connectivity index (χ4n) is 0. The van der Waals surface area contributed by atoms with E-state index in [0.29, 0.717) is 0 Å². The fraction of sp³-hybridized carbons (Fsp3) is 0. The summed E-state index contributed by atoms with van der Waals surface area (Å²) < 4.78 is 0. The maximum Gasteiger partial charge on any atom is 2.00 e. The van der Waals surface area contributed by atoms with Crippen molar-refractivity contribution in [2.75, 3.05) is 0 Å². The molecule has 0 amide bonds. The van der Waals surface area contributed by atoms with Crippen LogP contribution in [0.5, 0.6) is 0 Å². The molecule has 0 fully saturated rings. The Labute approximate surface area is 348 Å². The molecule has 32 heavy (non-hydrogen) atoms. The molecule has 0 radical (unpaired) electrons. The van der Waals surface area contributed by atoms with E-state index in [4.69, 9.17) is 0 Å². The zero-order valence-electron chi connectivity index (χ0n) is 13.3. The van der Waals surface area contributed by atoms with Crippen LogP contribution >= 0.6 is 0 Å². The molecule has 0 saturated heterocycles. The molecule has 19 nitrogen and oxygen atoms in total. The molecule has 224 valence electrons. The second-order valence-corrected chi connectivity index (χ2v) is 0. The van der Waals surface area contributed by atoms with E-state index in [0.717, 1.165) is 0 Å². The number of hydrogen-bond acceptors (Lipinski definition) is 0. The molecule has 0 bridgehead atoms. The van der Waals surface area contributed by atoms with Gasteiger partial charge in [-0.25, -0.2) is 0 Å². The van der Waals surface area contributed by atoms with E-state index in [9.17, 15) is 0 Å². The summed E-state index contributed by atoms with van der Waals surface area (Å²) in [5.41, 5.74) is 0. The van der Waals surface area contributed by atoms with E-state index in [1.807, 2.05) is 0 Å². The molecule has 32 heteroatoms. The summed E-state index contributed by atoms with van der Waals surface area (Å²) in [4.78, 5) is 0. The summed E-state index contributed by atoms with van der Waals surface area (Å²) in [5, 5.41) is 0. The molecule has 12 N–H and O–H groups in total. The first-order valence-corrected chi connectivity index (χ1v) is 0. The van der Waals surface area contributed by atoms with E-state index >= 15 is 0 Å². The van der Waals surface area contributed by atoms with E-state index in [1.54, 1.807) is 0 Å². The molecule has 0 aliphatic carbocycles. The van der Waals surface area contributed by atoms with Gasteiger partial charge in [0.1, 0.15) is 0 Å². The quantitative estimate of drug-likeness (QED) is 0.204. The van der Waals surface area contributed by atoms with Gasteiger partial charge in [0, 0.05) is 0 Å². The van der Waals surface area contributed by atoms with E-state index in [1.165, 1.54) is 0 Å². The Bertz CT molecular complexity index is 36.3. The fourth-order valence-corrected chi connectivity index (χ4v) is 0. The van der Waals surface area contributed by atoms with Crippen LogP contribution in [-0.2, 0) is 276 Å². The van der Waals surface area contributed by atoms with Gasteiger partial charge in [-0.3, -0.25) is 0 Å². The van der Waals surface area contributed by atoms with Gasteiger partial charge in [0.2, 0.25) is 0 Å². The molecule has 0 spiro atoms. The Morgan fingerprint density at radius 1 is 0.125 bits per heavy atom. The van der Waals surface area contributed by atoms with Gasteiger partial charge in [0.05, 0.1) is 0 Å². The normalized spacial score (nSPS) is 0. The topological polar surface area (TPSA) is 560 Å². The third-order valence-electron chi connectivity index (χ3n) is 0. The maximum atomic E-state index is 0. The van der Waals surface area contributed by atoms with Crippen LogP contribution in [0.3, 0.4) is 0 Å². The zero-order valence-corrected chi connectivity index (χ0v) is 30.0. The van der Waals surface area contributed by atoms with Gasteiger partial charge in [-0.1, -0.05) is 0 Å². The Balaban J connectivity index is 0. The predicted octanol–water partition coefficient (Wildman–Crippen LogP) is -6.90. The van der Waals surface area contributed by atoms with Crippen molar-refractivity contribution in [2.45, 2.75) is 0 Å². The van der Waals surface area contributed by atoms with E-state index in [-0.39, 0.29) is 354 Å². The summed E-state index contributed by atoms with van der Waals surface area (Å²) in [5.74, 6) is 0. The van der Waals surface area contributed by atoms with Crippen molar-refractivity contribution in [1.29, 1.82) is 0 Å². The molecule has 0 rings (SSSR count). The van der Waals surface area contributed by atoms with Crippen LogP contribution in [0.1, 0.15) is 0 Å². The van der Waals surface area contributed by atoms with Crippen LogP contribution in [0.2, 0.25) is 0 Å². The molecular weight excluding hydrogens is 1060 g/mol. The third kappa shape index (κ3) is 988. The molecule has 0 aromatic heterocycles. The summed E-state index contributed by atoms with van der Waals surface area (Å²) in [6.07, 6.45) is 0. The van der Waals surface area contributed by atoms with Crippen molar-refractivity contribution in [3.05, 3.63) is 0 Å². The first kappa shape index (κ1) is 1160. The Morgan fingerprint density at radius 2 is 0.125 bits per heavy atom. The minimum absolute atomic E-state index is 0. The first-order chi connectivity index (χ1) is 0. The average Bonchev–Trinajstić information content (AvgIpc) is 0. The van der Waals surface area contributed by atoms with Gasteiger partial charge >= 0.3 is 250 Å². The molecule has 0 unspecified atom stereocenters. The predicted molar refractivity (Wildman–Crippen MR) is 36.4 cm³/mol. The molecular formula is H12Fe12O19Sr. The zero-order chi connectivity index (χ0) is 0. The van der Waals surface area contributed by atoms with Crippen LogP contribution in [0.15, 0.2) is 0 Å². The van der Waals surface area contributed by atoms with Crippen molar-refractivity contribution in [1.82, 2.24) is 0 Å². The minimum Gasteiger partial charge on any atom is -2.00 e. The largest absolute Gasteiger partial charge is 2.00 e. The third-order valence-corrected chi connectivity index (χ3v) is 0. The monoisotopic (exact) mass is 1080 g/mol. The van der Waals surface area contributed by atoms with Gasteiger partial charge < -0.3 is 104 Å². The molecule has 0 atom stereocenters. The van der Waals surface area contributed by atoms with Crippen molar-refractivity contribution in [3.63, 3.8) is 0 Å². The molecule has 0 aromatic carbocycles. The Hall–Kier alpha value is 6.95. The summed E-state index contributed by atoms with van der Waals surface area (Å²) in [7, 11) is 0. The van der Waals surface area contributed by atoms with Crippen LogP contribution < -0.4 is 0 Å². The first-order valence-electron chi connectivity index (χ1n) is 0. The minimum atomic E-state index is 0. The molecule has 0 aliphatic heterocycles. The van der Waals surface area contributed by atoms with Gasteiger partial charge in [-0.2, -0.15) is 0 Å². The standard InChI is InChI=1S/12Fe.6H2O.13O.Sr/h;;;;;;;;;;;;6*1H2;;;;;;;;;;;;;;/q12*+2;;;;;;;13*-2;+2. The van der Waals surface area contributed by atoms with E-state index in [2.05, 4.69) is 0 Å². The second kappa shape index (κ2) is 1070. The molecule has 0 aliphatic rings. The molecule has 0 heterocycles. The van der Waals surface area contributed by atoms with Crippen molar-refractivity contribution in [3.8, 4) is 0 Å². The maximum absolute atomic E-state index is 0. The van der Waals surface area contributed by atoms with Crippen LogP contribution in [0, 0.1) is 0 Å². The summed E-state index contributed by atoms with van der Waals surface area (Å²) in [6.45, 7) is 0. The van der Waals surface area contributed by atoms with Crippen LogP contribution in [-0.4, -0.2) is 78.3 Å². The molecule has 0 saturated carbocycles. The molecule has 0 aromatic rings. The van der Waals surface area contributed by atoms with Crippen molar-refractivity contribution >= 4 is 45.5 Å². The van der Waals surface area contributed by atoms with Crippen molar-refractivity contribution in [2.24, 2.45) is 0 Å². The van der Waals surface area contributed by atoms with Gasteiger partial charge in [-0.05, 0) is 0 Å². The Kier molecular flexibility index (Phi) is 38900. The number of hydrogen-bond donors (Lipinski definition) is 0. The smallest absolute Gasteiger partial charge is 2.00 e. The van der Waals surface area contributed by atoms with Gasteiger partial charge in [-0.15, -0.1) is 0 Å². The summed E-state index contributed by atoms with van der Waals surface area (Å²) >= 11 is 0. The summed E-state index contributed by atoms with van der Waals surface area (Å²) in [6, 6.07) is 0. The number of rotatable bonds is 0. The van der Waals surface area contributed by atoms with Gasteiger partial charge in [0.25, 0.3) is 0 Å². The van der Waals surface area contributed by atoms with Crippen molar-refractivity contribution < 1.29 is 309 Å². The van der Waals surface area contributed by atoms with E-state index < -0.39 is 0 Å². The van der Waals surface area contributed by atoms with Crippen LogP contribution in [0.4, 0.5) is 0 Å². The van der Waals surface area contributed by atoms with Gasteiger partial charge in [0.15, 0.2) is 0 Å². The SMILES string of the molecule is O.O.O.O.O.O.[Fe+2].[Fe+2].[Fe+2].[Fe+2].[Fe+2].[Fe+2].[Fe+2].[Fe+2].[Fe+2].[Fe+2].[Fe+2].[Fe+2].[O-2].[O-2].[O-2].[O-2].[O-2].[O-2].[O-2].[O-2].[O-2].[O-2].[O-2].[O-2].[O-2].[Sr+2].